The van der Waals surface area contributed by atoms with E-state index in [4.69, 9.17) is 4.74 Å². The van der Waals surface area contributed by atoms with E-state index in [0.717, 1.165) is 16.7 Å². The molecule has 222 valence electrons. The Hall–Kier alpha value is -2.56. The van der Waals surface area contributed by atoms with E-state index < -0.39 is 45.8 Å². The van der Waals surface area contributed by atoms with Crippen molar-refractivity contribution in [3.8, 4) is 0 Å². The molecule has 0 aromatic rings. The molecule has 1 saturated carbocycles. The monoisotopic (exact) mass is 552 g/mol. The van der Waals surface area contributed by atoms with Crippen LogP contribution in [0.1, 0.15) is 115 Å². The van der Waals surface area contributed by atoms with E-state index in [1.807, 2.05) is 68.4 Å². The molecule has 2 bridgehead atoms. The summed E-state index contributed by atoms with van der Waals surface area (Å²) in [5.74, 6) is -3.55. The molecule has 1 saturated heterocycles. The molecule has 5 atom stereocenters. The van der Waals surface area contributed by atoms with Gasteiger partial charge in [0.1, 0.15) is 11.2 Å². The van der Waals surface area contributed by atoms with Gasteiger partial charge in [-0.05, 0) is 98.8 Å². The lowest BCUT2D eigenvalue weighted by Crippen LogP contribution is -2.60. The lowest BCUT2D eigenvalue weighted by molar-refractivity contribution is -0.167. The van der Waals surface area contributed by atoms with Gasteiger partial charge in [0, 0.05) is 12.3 Å². The van der Waals surface area contributed by atoms with E-state index >= 15 is 0 Å². The molecule has 40 heavy (non-hydrogen) atoms. The molecule has 1 heterocycles. The van der Waals surface area contributed by atoms with Crippen LogP contribution in [0.2, 0.25) is 0 Å². The van der Waals surface area contributed by atoms with Crippen molar-refractivity contribution in [1.29, 1.82) is 0 Å². The minimum Gasteiger partial charge on any atom is -0.442 e. The molecule has 5 nitrogen and oxygen atoms in total. The average molecular weight is 553 g/mol. The van der Waals surface area contributed by atoms with Crippen LogP contribution in [-0.2, 0) is 23.9 Å². The van der Waals surface area contributed by atoms with Crippen molar-refractivity contribution in [2.75, 3.05) is 0 Å². The Morgan fingerprint density at radius 1 is 0.850 bits per heavy atom. The topological polar surface area (TPSA) is 77.5 Å². The minimum absolute atomic E-state index is 0.0418. The Kier molecular flexibility index (Phi) is 10.9. The minimum atomic E-state index is -1.99. The van der Waals surface area contributed by atoms with E-state index in [0.29, 0.717) is 19.3 Å². The Morgan fingerprint density at radius 3 is 1.88 bits per heavy atom. The summed E-state index contributed by atoms with van der Waals surface area (Å²) in [6.45, 7) is 21.4. The molecular formula is C35H52O5. The molecule has 5 heteroatoms. The van der Waals surface area contributed by atoms with Crippen LogP contribution in [-0.4, -0.2) is 28.9 Å². The summed E-state index contributed by atoms with van der Waals surface area (Å²) >= 11 is 0. The van der Waals surface area contributed by atoms with E-state index in [-0.39, 0.29) is 31.0 Å². The van der Waals surface area contributed by atoms with Crippen molar-refractivity contribution >= 4 is 23.3 Å². The molecule has 2 fully saturated rings. The number of Topliss-reactive ketones (excluding diaryl/α,β-unsaturated/α-hetero) is 3. The first-order chi connectivity index (χ1) is 18.4. The fraction of sp³-hybridized carbons (Fsp3) is 0.657. The molecule has 1 aliphatic carbocycles. The van der Waals surface area contributed by atoms with E-state index in [2.05, 4.69) is 12.2 Å². The number of carbonyl (C=O) groups excluding carboxylic acids is 4. The van der Waals surface area contributed by atoms with Crippen LogP contribution >= 0.6 is 0 Å². The number of ether oxygens (including phenoxy) is 1. The molecule has 0 unspecified atom stereocenters. The van der Waals surface area contributed by atoms with Gasteiger partial charge in [0.25, 0.3) is 0 Å². The van der Waals surface area contributed by atoms with Crippen molar-refractivity contribution < 1.29 is 23.9 Å². The zero-order chi connectivity index (χ0) is 30.6. The highest BCUT2D eigenvalue weighted by Crippen LogP contribution is 2.58. The van der Waals surface area contributed by atoms with Gasteiger partial charge in [-0.2, -0.15) is 0 Å². The van der Waals surface area contributed by atoms with Crippen LogP contribution in [0.5, 0.6) is 0 Å². The van der Waals surface area contributed by atoms with Crippen molar-refractivity contribution in [2.24, 2.45) is 28.6 Å². The molecule has 0 aromatic heterocycles. The zero-order valence-electron chi connectivity index (χ0n) is 26.8. The van der Waals surface area contributed by atoms with Gasteiger partial charge in [0.05, 0.1) is 5.92 Å². The van der Waals surface area contributed by atoms with Crippen LogP contribution in [0.3, 0.4) is 0 Å². The van der Waals surface area contributed by atoms with Crippen molar-refractivity contribution in [1.82, 2.24) is 0 Å². The molecule has 2 rings (SSSR count). The molecule has 0 N–H and O–H groups in total. The predicted octanol–water partition coefficient (Wildman–Crippen LogP) is 8.09. The Balaban J connectivity index is 3.00. The normalized spacial score (nSPS) is 29.8. The van der Waals surface area contributed by atoms with Crippen LogP contribution in [0, 0.1) is 28.6 Å². The standard InChI is InChI=1S/C35H52O5/c1-22(2)13-12-18-33(11)27(15-14-23(3)4)21-34(19-16-24(5)6)31(38)35(40-32(34)39,20-17-25(7)8)30(37)28(33)29(36)26(9)10/h13-14,16-17,26-28H,12,15,18-21H2,1-11H3/t27-,28+,33+,34+,35-/m0/s1. The van der Waals surface area contributed by atoms with Crippen molar-refractivity contribution in [3.63, 3.8) is 0 Å². The third-order valence-electron chi connectivity index (χ3n) is 8.86. The van der Waals surface area contributed by atoms with Gasteiger partial charge in [0.15, 0.2) is 5.78 Å². The molecule has 2 aliphatic rings. The quantitative estimate of drug-likeness (QED) is 0.147. The first-order valence-corrected chi connectivity index (χ1v) is 14.8. The van der Waals surface area contributed by atoms with Gasteiger partial charge in [-0.3, -0.25) is 19.2 Å². The second kappa shape index (κ2) is 13.0. The molecule has 0 radical (unpaired) electrons. The third-order valence-corrected chi connectivity index (χ3v) is 8.86. The summed E-state index contributed by atoms with van der Waals surface area (Å²) in [7, 11) is 0. The van der Waals surface area contributed by atoms with Crippen LogP contribution in [0.15, 0.2) is 46.6 Å². The maximum absolute atomic E-state index is 14.9. The highest BCUT2D eigenvalue weighted by molar-refractivity contribution is 6.27. The number of allylic oxidation sites excluding steroid dienone is 7. The third kappa shape index (κ3) is 6.66. The predicted molar refractivity (Wildman–Crippen MR) is 162 cm³/mol. The summed E-state index contributed by atoms with van der Waals surface area (Å²) < 4.78 is 6.02. The Bertz CT molecular complexity index is 1130. The summed E-state index contributed by atoms with van der Waals surface area (Å²) in [6, 6.07) is 0. The highest BCUT2D eigenvalue weighted by atomic mass is 16.6. The van der Waals surface area contributed by atoms with Crippen LogP contribution in [0.25, 0.3) is 0 Å². The van der Waals surface area contributed by atoms with Gasteiger partial charge in [-0.15, -0.1) is 0 Å². The molecular weight excluding hydrogens is 500 g/mol. The summed E-state index contributed by atoms with van der Waals surface area (Å²) in [5, 5.41) is 0. The Labute approximate surface area is 242 Å². The highest BCUT2D eigenvalue weighted by Gasteiger charge is 2.72. The van der Waals surface area contributed by atoms with Gasteiger partial charge in [-0.1, -0.05) is 67.4 Å². The smallest absolute Gasteiger partial charge is 0.321 e. The number of hydrogen-bond donors (Lipinski definition) is 0. The van der Waals surface area contributed by atoms with Gasteiger partial charge >= 0.3 is 5.97 Å². The van der Waals surface area contributed by atoms with Crippen molar-refractivity contribution in [3.05, 3.63) is 46.6 Å². The number of fused-ring (bicyclic) bond motifs is 2. The van der Waals surface area contributed by atoms with Crippen LogP contribution in [0.4, 0.5) is 0 Å². The summed E-state index contributed by atoms with van der Waals surface area (Å²) in [4.78, 5) is 57.5. The first kappa shape index (κ1) is 33.6. The lowest BCUT2D eigenvalue weighted by Gasteiger charge is -2.48. The maximum Gasteiger partial charge on any atom is 0.321 e. The van der Waals surface area contributed by atoms with Crippen LogP contribution < -0.4 is 0 Å². The number of ketones is 3. The molecule has 0 spiro atoms. The largest absolute Gasteiger partial charge is 0.442 e. The molecule has 0 aromatic carbocycles. The fourth-order valence-corrected chi connectivity index (χ4v) is 6.30. The summed E-state index contributed by atoms with van der Waals surface area (Å²) in [5.41, 5.74) is -0.0489. The van der Waals surface area contributed by atoms with Gasteiger partial charge in [-0.25, -0.2) is 0 Å². The van der Waals surface area contributed by atoms with Gasteiger partial charge < -0.3 is 4.74 Å². The fourth-order valence-electron chi connectivity index (χ4n) is 6.30. The SMILES string of the molecule is CC(C)=CCC[C@]1(C)[C@@H](CC=C(C)C)C[C@@]2(CC=C(C)C)C(=O)O[C@@](CC=C(C)C)(C(=O)[C@H]1C(=O)C(C)C)C2=O. The zero-order valence-corrected chi connectivity index (χ0v) is 26.8. The summed E-state index contributed by atoms with van der Waals surface area (Å²) in [6.07, 6.45) is 10.2. The lowest BCUT2D eigenvalue weighted by atomic mass is 9.52. The number of carbonyl (C=O) groups is 4. The van der Waals surface area contributed by atoms with Gasteiger partial charge in [0.2, 0.25) is 11.4 Å². The second-order valence-electron chi connectivity index (χ2n) is 13.7. The number of rotatable bonds is 11. The number of hydrogen-bond acceptors (Lipinski definition) is 5. The first-order valence-electron chi connectivity index (χ1n) is 14.8. The van der Waals surface area contributed by atoms with Crippen molar-refractivity contribution in [2.45, 2.75) is 120 Å². The van der Waals surface area contributed by atoms with E-state index in [9.17, 15) is 19.2 Å². The molecule has 1 aliphatic heterocycles. The maximum atomic E-state index is 14.9. The van der Waals surface area contributed by atoms with E-state index in [1.165, 1.54) is 5.57 Å². The average Bonchev–Trinajstić information content (AvgIpc) is 3.05. The second-order valence-corrected chi connectivity index (χ2v) is 13.7. The molecule has 0 amide bonds. The van der Waals surface area contributed by atoms with E-state index in [1.54, 1.807) is 19.9 Å². The Morgan fingerprint density at radius 2 is 1.38 bits per heavy atom. The number of esters is 1.